The number of nitrogens with zero attached hydrogens (tertiary/aromatic N) is 2. The smallest absolute Gasteiger partial charge is 0.267 e. The average molecular weight is 379 g/mol. The molecule has 0 radical (unpaired) electrons. The van der Waals surface area contributed by atoms with E-state index in [9.17, 15) is 9.59 Å². The van der Waals surface area contributed by atoms with Gasteiger partial charge in [0.15, 0.2) is 5.78 Å². The van der Waals surface area contributed by atoms with Crippen molar-refractivity contribution in [2.45, 2.75) is 71.3 Å². The van der Waals surface area contributed by atoms with Crippen molar-refractivity contribution in [3.8, 4) is 0 Å². The summed E-state index contributed by atoms with van der Waals surface area (Å²) in [5, 5.41) is 4.65. The third kappa shape index (κ3) is 4.11. The molecule has 0 amide bonds. The molecule has 1 saturated carbocycles. The fourth-order valence-corrected chi connectivity index (χ4v) is 4.37. The Hall–Kier alpha value is -2.23. The van der Waals surface area contributed by atoms with Crippen molar-refractivity contribution in [2.24, 2.45) is 11.8 Å². The predicted octanol–water partition coefficient (Wildman–Crippen LogP) is 4.54. The van der Waals surface area contributed by atoms with Gasteiger partial charge in [-0.2, -0.15) is 5.10 Å². The second kappa shape index (κ2) is 8.02. The van der Waals surface area contributed by atoms with Gasteiger partial charge in [0.2, 0.25) is 0 Å². The zero-order valence-electron chi connectivity index (χ0n) is 17.0. The van der Waals surface area contributed by atoms with Crippen LogP contribution >= 0.6 is 0 Å². The Morgan fingerprint density at radius 2 is 1.89 bits per heavy atom. The van der Waals surface area contributed by atoms with E-state index in [-0.39, 0.29) is 11.3 Å². The number of carbonyl (C=O) groups is 1. The molecule has 148 valence electrons. The molecule has 4 heteroatoms. The van der Waals surface area contributed by atoms with Crippen LogP contribution in [-0.2, 0) is 19.4 Å². The lowest BCUT2D eigenvalue weighted by atomic mass is 9.83. The largest absolute Gasteiger partial charge is 0.294 e. The van der Waals surface area contributed by atoms with E-state index in [4.69, 9.17) is 0 Å². The van der Waals surface area contributed by atoms with Crippen molar-refractivity contribution in [2.75, 3.05) is 0 Å². The normalized spacial score (nSPS) is 19.3. The molecule has 2 aromatic rings. The van der Waals surface area contributed by atoms with E-state index < -0.39 is 0 Å². The summed E-state index contributed by atoms with van der Waals surface area (Å²) in [6.07, 6.45) is 6.88. The summed E-state index contributed by atoms with van der Waals surface area (Å²) in [5.41, 5.74) is 4.18. The second-order valence-electron chi connectivity index (χ2n) is 8.95. The molecule has 2 aliphatic carbocycles. The number of carbonyl (C=O) groups excluding carboxylic acids is 1. The number of ketones is 1. The van der Waals surface area contributed by atoms with Crippen LogP contribution < -0.4 is 5.56 Å². The standard InChI is InChI=1S/C24H30N2O2/c1-16(2)19-7-9-20(10-8-19)23(27)13-18-6-11-22-21(12-18)14-24(28)26(25-22)15-17-4-3-5-17/h7-10,14,16-18H,3-6,11-13,15H2,1-2H3. The van der Waals surface area contributed by atoms with E-state index in [1.807, 2.05) is 12.1 Å². The Kier molecular flexibility index (Phi) is 5.47. The highest BCUT2D eigenvalue weighted by atomic mass is 16.1. The lowest BCUT2D eigenvalue weighted by Crippen LogP contribution is -2.32. The van der Waals surface area contributed by atoms with Crippen molar-refractivity contribution in [3.63, 3.8) is 0 Å². The van der Waals surface area contributed by atoms with Crippen LogP contribution in [0.1, 0.15) is 79.0 Å². The van der Waals surface area contributed by atoms with Gasteiger partial charge in [-0.3, -0.25) is 9.59 Å². The summed E-state index contributed by atoms with van der Waals surface area (Å²) >= 11 is 0. The molecule has 0 aliphatic heterocycles. The van der Waals surface area contributed by atoms with Crippen LogP contribution in [0.5, 0.6) is 0 Å². The zero-order valence-corrected chi connectivity index (χ0v) is 17.0. The summed E-state index contributed by atoms with van der Waals surface area (Å²) < 4.78 is 1.67. The first-order chi connectivity index (χ1) is 13.5. The molecule has 1 unspecified atom stereocenters. The van der Waals surface area contributed by atoms with Crippen LogP contribution in [0.3, 0.4) is 0 Å². The van der Waals surface area contributed by atoms with E-state index >= 15 is 0 Å². The maximum Gasteiger partial charge on any atom is 0.267 e. The number of hydrogen-bond donors (Lipinski definition) is 0. The van der Waals surface area contributed by atoms with Crippen molar-refractivity contribution in [3.05, 3.63) is 63.1 Å². The van der Waals surface area contributed by atoms with Gasteiger partial charge >= 0.3 is 0 Å². The Bertz CT molecular complexity index is 907. The number of aryl methyl sites for hydroxylation is 1. The van der Waals surface area contributed by atoms with Gasteiger partial charge in [0, 0.05) is 24.6 Å². The SMILES string of the molecule is CC(C)c1ccc(C(=O)CC2CCc3nn(CC4CCC4)c(=O)cc3C2)cc1. The van der Waals surface area contributed by atoms with Gasteiger partial charge in [0.25, 0.3) is 5.56 Å². The third-order valence-electron chi connectivity index (χ3n) is 6.49. The number of benzene rings is 1. The highest BCUT2D eigenvalue weighted by Crippen LogP contribution is 2.29. The minimum atomic E-state index is 0.0156. The molecule has 1 fully saturated rings. The summed E-state index contributed by atoms with van der Waals surface area (Å²) in [7, 11) is 0. The predicted molar refractivity (Wildman–Crippen MR) is 111 cm³/mol. The van der Waals surface area contributed by atoms with Crippen molar-refractivity contribution in [1.29, 1.82) is 0 Å². The minimum absolute atomic E-state index is 0.0156. The molecule has 0 spiro atoms. The van der Waals surface area contributed by atoms with Crippen LogP contribution in [0.2, 0.25) is 0 Å². The molecule has 1 aromatic carbocycles. The molecule has 2 aliphatic rings. The molecular weight excluding hydrogens is 348 g/mol. The Labute approximate surface area is 167 Å². The van der Waals surface area contributed by atoms with E-state index in [1.54, 1.807) is 10.7 Å². The van der Waals surface area contributed by atoms with Crippen molar-refractivity contribution in [1.82, 2.24) is 9.78 Å². The molecule has 1 heterocycles. The van der Waals surface area contributed by atoms with Crippen molar-refractivity contribution < 1.29 is 4.79 Å². The Morgan fingerprint density at radius 3 is 2.54 bits per heavy atom. The minimum Gasteiger partial charge on any atom is -0.294 e. The third-order valence-corrected chi connectivity index (χ3v) is 6.49. The highest BCUT2D eigenvalue weighted by molar-refractivity contribution is 5.96. The van der Waals surface area contributed by atoms with Crippen LogP contribution in [0.4, 0.5) is 0 Å². The van der Waals surface area contributed by atoms with Gasteiger partial charge in [-0.15, -0.1) is 0 Å². The van der Waals surface area contributed by atoms with E-state index in [0.29, 0.717) is 24.2 Å². The maximum absolute atomic E-state index is 12.7. The number of Topliss-reactive ketones (excluding diaryl/α,β-unsaturated/α-hetero) is 1. The Balaban J connectivity index is 1.41. The van der Waals surface area contributed by atoms with Gasteiger partial charge in [0.05, 0.1) is 5.69 Å². The molecule has 4 nitrogen and oxygen atoms in total. The molecule has 0 N–H and O–H groups in total. The maximum atomic E-state index is 12.7. The molecule has 0 saturated heterocycles. The number of aromatic nitrogens is 2. The van der Waals surface area contributed by atoms with Gasteiger partial charge in [-0.25, -0.2) is 4.68 Å². The van der Waals surface area contributed by atoms with E-state index in [1.165, 1.54) is 24.8 Å². The van der Waals surface area contributed by atoms with E-state index in [2.05, 4.69) is 31.1 Å². The molecular formula is C24H30N2O2. The highest BCUT2D eigenvalue weighted by Gasteiger charge is 2.25. The summed E-state index contributed by atoms with van der Waals surface area (Å²) in [4.78, 5) is 25.1. The molecule has 1 atom stereocenters. The first kappa shape index (κ1) is 19.1. The Morgan fingerprint density at radius 1 is 1.14 bits per heavy atom. The zero-order chi connectivity index (χ0) is 19.7. The number of rotatable bonds is 6. The van der Waals surface area contributed by atoms with Gasteiger partial charge in [-0.05, 0) is 61.0 Å². The lowest BCUT2D eigenvalue weighted by molar-refractivity contribution is 0.0957. The summed E-state index contributed by atoms with van der Waals surface area (Å²) in [6, 6.07) is 9.80. The fourth-order valence-electron chi connectivity index (χ4n) is 4.37. The monoisotopic (exact) mass is 378 g/mol. The summed E-state index contributed by atoms with van der Waals surface area (Å²) in [5.74, 6) is 1.60. The van der Waals surface area contributed by atoms with Crippen LogP contribution in [0.25, 0.3) is 0 Å². The molecule has 0 bridgehead atoms. The second-order valence-corrected chi connectivity index (χ2v) is 8.95. The first-order valence-electron chi connectivity index (χ1n) is 10.7. The average Bonchev–Trinajstić information content (AvgIpc) is 2.65. The number of hydrogen-bond acceptors (Lipinski definition) is 3. The molecule has 28 heavy (non-hydrogen) atoms. The van der Waals surface area contributed by atoms with Crippen LogP contribution in [-0.4, -0.2) is 15.6 Å². The van der Waals surface area contributed by atoms with Gasteiger partial charge < -0.3 is 0 Å². The van der Waals surface area contributed by atoms with Crippen molar-refractivity contribution >= 4 is 5.78 Å². The molecule has 1 aromatic heterocycles. The van der Waals surface area contributed by atoms with Crippen LogP contribution in [0.15, 0.2) is 35.1 Å². The topological polar surface area (TPSA) is 52.0 Å². The van der Waals surface area contributed by atoms with E-state index in [0.717, 1.165) is 42.6 Å². The summed E-state index contributed by atoms with van der Waals surface area (Å²) in [6.45, 7) is 5.08. The van der Waals surface area contributed by atoms with Gasteiger partial charge in [-0.1, -0.05) is 44.5 Å². The van der Waals surface area contributed by atoms with Crippen LogP contribution in [0, 0.1) is 11.8 Å². The lowest BCUT2D eigenvalue weighted by Gasteiger charge is -2.27. The quantitative estimate of drug-likeness (QED) is 0.693. The van der Waals surface area contributed by atoms with Gasteiger partial charge in [0.1, 0.15) is 0 Å². The molecule has 4 rings (SSSR count). The first-order valence-corrected chi connectivity index (χ1v) is 10.7. The fraction of sp³-hybridized carbons (Fsp3) is 0.542. The number of fused-ring (bicyclic) bond motifs is 1.